The maximum Gasteiger partial charge on any atom is 0.264 e. The molecule has 0 fully saturated rings. The van der Waals surface area contributed by atoms with Crippen LogP contribution >= 0.6 is 0 Å². The van der Waals surface area contributed by atoms with Crippen LogP contribution in [0.15, 0.2) is 53.4 Å². The lowest BCUT2D eigenvalue weighted by atomic mass is 10.00. The van der Waals surface area contributed by atoms with Gasteiger partial charge >= 0.3 is 0 Å². The minimum atomic E-state index is -4.04. The van der Waals surface area contributed by atoms with Crippen LogP contribution in [0.4, 0.5) is 5.95 Å². The van der Waals surface area contributed by atoms with E-state index in [1.807, 2.05) is 32.0 Å². The van der Waals surface area contributed by atoms with Gasteiger partial charge in [-0.15, -0.1) is 0 Å². The third-order valence-electron chi connectivity index (χ3n) is 5.60. The van der Waals surface area contributed by atoms with Gasteiger partial charge in [0.15, 0.2) is 0 Å². The van der Waals surface area contributed by atoms with Crippen molar-refractivity contribution in [3.63, 3.8) is 0 Å². The number of nitrogens with zero attached hydrogens (tertiary/aromatic N) is 2. The molecule has 4 rings (SSSR count). The van der Waals surface area contributed by atoms with Crippen molar-refractivity contribution in [2.75, 3.05) is 11.3 Å². The number of carbonyl (C=O) groups is 1. The van der Waals surface area contributed by atoms with Gasteiger partial charge in [0.1, 0.15) is 6.61 Å². The molecule has 1 aliphatic heterocycles. The number of nitrogens with one attached hydrogen (secondary N) is 2. The highest BCUT2D eigenvalue weighted by Gasteiger charge is 2.23. The molecule has 0 radical (unpaired) electrons. The molecule has 1 amide bonds. The predicted molar refractivity (Wildman–Crippen MR) is 130 cm³/mol. The first-order valence-electron chi connectivity index (χ1n) is 11.1. The van der Waals surface area contributed by atoms with Crippen LogP contribution < -0.4 is 14.8 Å². The summed E-state index contributed by atoms with van der Waals surface area (Å²) in [7, 11) is -4.04. The quantitative estimate of drug-likeness (QED) is 0.584. The van der Waals surface area contributed by atoms with Gasteiger partial charge in [0, 0.05) is 17.2 Å². The first-order chi connectivity index (χ1) is 16.1. The summed E-state index contributed by atoms with van der Waals surface area (Å²) in [5, 5.41) is 2.97. The fraction of sp³-hybridized carbons (Fsp3) is 0.320. The van der Waals surface area contributed by atoms with E-state index in [1.54, 1.807) is 12.1 Å². The number of benzene rings is 2. The van der Waals surface area contributed by atoms with Crippen molar-refractivity contribution < 1.29 is 17.9 Å². The van der Waals surface area contributed by atoms with Gasteiger partial charge < -0.3 is 10.1 Å². The molecule has 178 valence electrons. The van der Waals surface area contributed by atoms with Gasteiger partial charge in [-0.05, 0) is 55.5 Å². The number of hydrogen-bond donors (Lipinski definition) is 2. The maximum atomic E-state index is 13.1. The zero-order chi connectivity index (χ0) is 24.5. The number of carbonyl (C=O) groups excluding carboxylic acids is 1. The summed E-state index contributed by atoms with van der Waals surface area (Å²) < 4.78 is 34.7. The molecular weight excluding hydrogens is 452 g/mol. The SMILES string of the molecule is Cc1cccc(C)c1-c1cc2nc(n1)NS(=O)(=O)c1cccc(c1)C(=O)NC(CC(C)C)CO2. The van der Waals surface area contributed by atoms with E-state index in [0.29, 0.717) is 18.0 Å². The lowest BCUT2D eigenvalue weighted by Gasteiger charge is -2.21. The molecule has 1 aromatic heterocycles. The van der Waals surface area contributed by atoms with Crippen LogP contribution in [0.2, 0.25) is 0 Å². The Labute approximate surface area is 199 Å². The van der Waals surface area contributed by atoms with Crippen LogP contribution in [0.5, 0.6) is 5.88 Å². The van der Waals surface area contributed by atoms with Crippen molar-refractivity contribution in [1.29, 1.82) is 0 Å². The van der Waals surface area contributed by atoms with Gasteiger partial charge in [-0.2, -0.15) is 4.98 Å². The van der Waals surface area contributed by atoms with Crippen LogP contribution in [0, 0.1) is 19.8 Å². The van der Waals surface area contributed by atoms with E-state index in [4.69, 9.17) is 4.74 Å². The third kappa shape index (κ3) is 5.20. The number of rotatable bonds is 3. The summed E-state index contributed by atoms with van der Waals surface area (Å²) in [6.07, 6.45) is 0.684. The lowest BCUT2D eigenvalue weighted by molar-refractivity contribution is 0.0913. The molecule has 0 saturated heterocycles. The smallest absolute Gasteiger partial charge is 0.264 e. The Kier molecular flexibility index (Phi) is 6.56. The summed E-state index contributed by atoms with van der Waals surface area (Å²) in [5.74, 6) is 0.0717. The molecule has 1 aliphatic rings. The molecule has 2 N–H and O–H groups in total. The number of aryl methyl sites for hydroxylation is 2. The zero-order valence-electron chi connectivity index (χ0n) is 19.6. The highest BCUT2D eigenvalue weighted by Crippen LogP contribution is 2.29. The molecule has 8 nitrogen and oxygen atoms in total. The number of ether oxygens (including phenoxy) is 1. The van der Waals surface area contributed by atoms with Crippen LogP contribution in [0.1, 0.15) is 41.8 Å². The Morgan fingerprint density at radius 2 is 1.76 bits per heavy atom. The Hall–Kier alpha value is -3.46. The van der Waals surface area contributed by atoms with Crippen molar-refractivity contribution in [2.45, 2.75) is 45.1 Å². The maximum absolute atomic E-state index is 13.1. The molecular formula is C25H28N4O4S. The van der Waals surface area contributed by atoms with Gasteiger partial charge in [0.2, 0.25) is 11.8 Å². The normalized spacial score (nSPS) is 17.4. The number of fused-ring (bicyclic) bond motifs is 4. The van der Waals surface area contributed by atoms with E-state index in [-0.39, 0.29) is 40.8 Å². The Morgan fingerprint density at radius 1 is 1.06 bits per heavy atom. The second kappa shape index (κ2) is 9.42. The summed E-state index contributed by atoms with van der Waals surface area (Å²) in [6.45, 7) is 8.24. The van der Waals surface area contributed by atoms with Crippen molar-refractivity contribution >= 4 is 21.9 Å². The van der Waals surface area contributed by atoms with Crippen LogP contribution in [0.25, 0.3) is 11.3 Å². The first kappa shape index (κ1) is 23.7. The van der Waals surface area contributed by atoms with Crippen LogP contribution in [-0.2, 0) is 10.0 Å². The lowest BCUT2D eigenvalue weighted by Crippen LogP contribution is -2.40. The second-order valence-electron chi connectivity index (χ2n) is 8.93. The monoisotopic (exact) mass is 480 g/mol. The van der Waals surface area contributed by atoms with E-state index in [0.717, 1.165) is 16.7 Å². The minimum Gasteiger partial charge on any atom is -0.475 e. The minimum absolute atomic E-state index is 0.0525. The number of amides is 1. The average molecular weight is 481 g/mol. The van der Waals surface area contributed by atoms with Gasteiger partial charge in [0.05, 0.1) is 16.6 Å². The highest BCUT2D eigenvalue weighted by molar-refractivity contribution is 7.92. The third-order valence-corrected chi connectivity index (χ3v) is 6.92. The van der Waals surface area contributed by atoms with E-state index in [9.17, 15) is 13.2 Å². The molecule has 0 saturated carbocycles. The van der Waals surface area contributed by atoms with E-state index in [1.165, 1.54) is 18.2 Å². The van der Waals surface area contributed by atoms with Gasteiger partial charge in [-0.3, -0.25) is 4.79 Å². The Bertz CT molecular complexity index is 1320. The molecule has 0 aliphatic carbocycles. The highest BCUT2D eigenvalue weighted by atomic mass is 32.2. The van der Waals surface area contributed by atoms with Crippen molar-refractivity contribution in [2.24, 2.45) is 5.92 Å². The van der Waals surface area contributed by atoms with Crippen molar-refractivity contribution in [1.82, 2.24) is 15.3 Å². The molecule has 0 spiro atoms. The molecule has 2 aromatic carbocycles. The molecule has 3 aromatic rings. The van der Waals surface area contributed by atoms with Gasteiger partial charge in [-0.1, -0.05) is 38.1 Å². The standard InChI is InChI=1S/C25H28N4O4S/c1-15(2)11-19-14-33-22-13-21(23-16(3)7-5-8-17(23)4)27-25(28-22)29-34(31,32)20-10-6-9-18(12-20)24(30)26-19/h5-10,12-13,15,19H,11,14H2,1-4H3,(H,26,30)(H,27,28,29). The number of sulfonamides is 1. The van der Waals surface area contributed by atoms with E-state index in [2.05, 4.69) is 33.9 Å². The Balaban J connectivity index is 1.85. The van der Waals surface area contributed by atoms with Gasteiger partial charge in [-0.25, -0.2) is 18.1 Å². The number of aromatic nitrogens is 2. The fourth-order valence-corrected chi connectivity index (χ4v) is 5.06. The topological polar surface area (TPSA) is 110 Å². The molecule has 4 bridgehead atoms. The zero-order valence-corrected chi connectivity index (χ0v) is 20.4. The number of anilines is 1. The first-order valence-corrected chi connectivity index (χ1v) is 12.6. The van der Waals surface area contributed by atoms with Gasteiger partial charge in [0.25, 0.3) is 15.9 Å². The van der Waals surface area contributed by atoms with E-state index >= 15 is 0 Å². The molecule has 1 unspecified atom stereocenters. The summed E-state index contributed by atoms with van der Waals surface area (Å²) in [5.41, 5.74) is 3.67. The summed E-state index contributed by atoms with van der Waals surface area (Å²) in [6, 6.07) is 13.2. The summed E-state index contributed by atoms with van der Waals surface area (Å²) >= 11 is 0. The van der Waals surface area contributed by atoms with Crippen molar-refractivity contribution in [3.05, 3.63) is 65.2 Å². The van der Waals surface area contributed by atoms with Crippen molar-refractivity contribution in [3.8, 4) is 17.1 Å². The Morgan fingerprint density at radius 3 is 2.47 bits per heavy atom. The molecule has 2 heterocycles. The predicted octanol–water partition coefficient (Wildman–Crippen LogP) is 4.10. The largest absolute Gasteiger partial charge is 0.475 e. The summed E-state index contributed by atoms with van der Waals surface area (Å²) in [4.78, 5) is 21.6. The molecule has 9 heteroatoms. The van der Waals surface area contributed by atoms with E-state index < -0.39 is 10.0 Å². The van der Waals surface area contributed by atoms with Crippen LogP contribution in [0.3, 0.4) is 0 Å². The van der Waals surface area contributed by atoms with Crippen LogP contribution in [-0.4, -0.2) is 36.9 Å². The molecule has 1 atom stereocenters. The molecule has 34 heavy (non-hydrogen) atoms. The average Bonchev–Trinajstić information content (AvgIpc) is 2.76. The fourth-order valence-electron chi connectivity index (χ4n) is 4.07. The number of hydrogen-bond acceptors (Lipinski definition) is 6. The second-order valence-corrected chi connectivity index (χ2v) is 10.6.